The quantitative estimate of drug-likeness (QED) is 0.321. The van der Waals surface area contributed by atoms with E-state index < -0.39 is 11.9 Å². The van der Waals surface area contributed by atoms with Gasteiger partial charge in [-0.1, -0.05) is 0 Å². The SMILES string of the molecule is O=C([O-])/C=C/C(=O)[O-].[K+].[K+]. The standard InChI is InChI=1S/C4H4O4.2K/c5-3(6)1-2-4(7)8;;/h1-2H,(H,5,6)(H,7,8);;/q;2*+1/p-2/b2-1+;;. The van der Waals surface area contributed by atoms with E-state index in [-0.39, 0.29) is 103 Å². The van der Waals surface area contributed by atoms with E-state index in [1.165, 1.54) is 0 Å². The van der Waals surface area contributed by atoms with Gasteiger partial charge in [0.1, 0.15) is 0 Å². The Labute approximate surface area is 143 Å². The van der Waals surface area contributed by atoms with E-state index in [1.807, 2.05) is 0 Å². The van der Waals surface area contributed by atoms with Crippen LogP contribution in [0, 0.1) is 0 Å². The molecule has 0 radical (unpaired) electrons. The van der Waals surface area contributed by atoms with Gasteiger partial charge in [0.2, 0.25) is 0 Å². The number of carboxylic acid groups (broad SMARTS) is 2. The van der Waals surface area contributed by atoms with E-state index in [2.05, 4.69) is 0 Å². The van der Waals surface area contributed by atoms with Crippen LogP contribution in [0.1, 0.15) is 0 Å². The molecule has 0 saturated carbocycles. The summed E-state index contributed by atoms with van der Waals surface area (Å²) in [4.78, 5) is 18.8. The van der Waals surface area contributed by atoms with Crippen LogP contribution in [0.25, 0.3) is 0 Å². The zero-order valence-corrected chi connectivity index (χ0v) is 12.0. The minimum absolute atomic E-state index is 0. The van der Waals surface area contributed by atoms with Crippen LogP contribution in [0.3, 0.4) is 0 Å². The van der Waals surface area contributed by atoms with Gasteiger partial charge in [-0.25, -0.2) is 0 Å². The molecule has 0 aromatic heterocycles. The molecular weight excluding hydrogens is 190 g/mol. The van der Waals surface area contributed by atoms with Crippen molar-refractivity contribution in [3.05, 3.63) is 12.2 Å². The molecule has 0 N–H and O–H groups in total. The van der Waals surface area contributed by atoms with Gasteiger partial charge in [0.15, 0.2) is 0 Å². The molecule has 0 aromatic carbocycles. The fourth-order valence-electron chi connectivity index (χ4n) is 0.136. The maximum Gasteiger partial charge on any atom is 1.00 e. The molecule has 44 valence electrons. The Balaban J connectivity index is -0.000000245. The molecule has 0 fully saturated rings. The van der Waals surface area contributed by atoms with Crippen LogP contribution in [0.2, 0.25) is 0 Å². The minimum Gasteiger partial charge on any atom is -0.545 e. The number of carbonyl (C=O) groups is 2. The van der Waals surface area contributed by atoms with Gasteiger partial charge in [0, 0.05) is 0 Å². The molecule has 0 bridgehead atoms. The maximum absolute atomic E-state index is 9.41. The first-order valence-electron chi connectivity index (χ1n) is 1.73. The average molecular weight is 192 g/mol. The molecule has 0 amide bonds. The Kier molecular flexibility index (Phi) is 19.6. The van der Waals surface area contributed by atoms with E-state index in [0.29, 0.717) is 12.2 Å². The van der Waals surface area contributed by atoms with Crippen LogP contribution in [-0.2, 0) is 9.59 Å². The molecule has 0 heterocycles. The first kappa shape index (κ1) is 17.9. The second-order valence-electron chi connectivity index (χ2n) is 0.971. The van der Waals surface area contributed by atoms with Gasteiger partial charge >= 0.3 is 103 Å². The summed E-state index contributed by atoms with van der Waals surface area (Å²) in [5.41, 5.74) is 0. The van der Waals surface area contributed by atoms with E-state index >= 15 is 0 Å². The Bertz CT molecular complexity index is 126. The molecule has 0 atom stereocenters. The van der Waals surface area contributed by atoms with Crippen LogP contribution in [0.4, 0.5) is 0 Å². The summed E-state index contributed by atoms with van der Waals surface area (Å²) in [6.07, 6.45) is 0.769. The summed E-state index contributed by atoms with van der Waals surface area (Å²) < 4.78 is 0. The second kappa shape index (κ2) is 11.0. The van der Waals surface area contributed by atoms with Crippen LogP contribution in [-0.4, -0.2) is 11.9 Å². The second-order valence-corrected chi connectivity index (χ2v) is 0.971. The molecule has 4 nitrogen and oxygen atoms in total. The molecular formula is C4H2K2O4. The van der Waals surface area contributed by atoms with Crippen molar-refractivity contribution in [1.82, 2.24) is 0 Å². The van der Waals surface area contributed by atoms with Crippen molar-refractivity contribution in [3.63, 3.8) is 0 Å². The Hall–Kier alpha value is 1.95. The molecule has 0 saturated heterocycles. The van der Waals surface area contributed by atoms with Crippen LogP contribution in [0.15, 0.2) is 12.2 Å². The van der Waals surface area contributed by atoms with Crippen molar-refractivity contribution in [2.75, 3.05) is 0 Å². The molecule has 0 aliphatic carbocycles. The van der Waals surface area contributed by atoms with E-state index in [0.717, 1.165) is 0 Å². The molecule has 0 spiro atoms. The summed E-state index contributed by atoms with van der Waals surface area (Å²) in [5.74, 6) is -3.09. The molecule has 0 unspecified atom stereocenters. The van der Waals surface area contributed by atoms with Gasteiger partial charge in [0.05, 0.1) is 11.9 Å². The fraction of sp³-hybridized carbons (Fsp3) is 0. The smallest absolute Gasteiger partial charge is 0.545 e. The number of rotatable bonds is 2. The van der Waals surface area contributed by atoms with Gasteiger partial charge in [-0.15, -0.1) is 0 Å². The summed E-state index contributed by atoms with van der Waals surface area (Å²) in [7, 11) is 0. The number of carboxylic acids is 2. The van der Waals surface area contributed by atoms with Crippen molar-refractivity contribution < 1.29 is 123 Å². The van der Waals surface area contributed by atoms with E-state index in [1.54, 1.807) is 0 Å². The van der Waals surface area contributed by atoms with E-state index in [4.69, 9.17) is 0 Å². The van der Waals surface area contributed by atoms with Crippen LogP contribution >= 0.6 is 0 Å². The van der Waals surface area contributed by atoms with Crippen molar-refractivity contribution in [3.8, 4) is 0 Å². The zero-order chi connectivity index (χ0) is 6.57. The number of carbonyl (C=O) groups excluding carboxylic acids is 2. The minimum atomic E-state index is -1.55. The summed E-state index contributed by atoms with van der Waals surface area (Å²) in [6.45, 7) is 0. The molecule has 0 aliphatic heterocycles. The average Bonchev–Trinajstić information content (AvgIpc) is 1.61. The molecule has 0 aliphatic rings. The number of hydrogen-bond donors (Lipinski definition) is 0. The topological polar surface area (TPSA) is 80.3 Å². The summed E-state index contributed by atoms with van der Waals surface area (Å²) in [6, 6.07) is 0. The number of aliphatic carboxylic acids is 2. The third-order valence-electron chi connectivity index (χ3n) is 0.355. The monoisotopic (exact) mass is 192 g/mol. The zero-order valence-electron chi connectivity index (χ0n) is 5.79. The van der Waals surface area contributed by atoms with Gasteiger partial charge in [-0.05, 0) is 12.2 Å². The van der Waals surface area contributed by atoms with Crippen LogP contribution in [0.5, 0.6) is 0 Å². The molecule has 6 heteroatoms. The van der Waals surface area contributed by atoms with Crippen molar-refractivity contribution in [1.29, 1.82) is 0 Å². The Morgan fingerprint density at radius 2 is 1.10 bits per heavy atom. The number of hydrogen-bond acceptors (Lipinski definition) is 4. The molecule has 0 rings (SSSR count). The molecule has 10 heavy (non-hydrogen) atoms. The third-order valence-corrected chi connectivity index (χ3v) is 0.355. The van der Waals surface area contributed by atoms with Crippen molar-refractivity contribution in [2.24, 2.45) is 0 Å². The third kappa shape index (κ3) is 16.5. The normalized spacial score (nSPS) is 7.60. The summed E-state index contributed by atoms with van der Waals surface area (Å²) in [5, 5.41) is 18.8. The Morgan fingerprint density at radius 3 is 1.20 bits per heavy atom. The predicted octanol–water partition coefficient (Wildman–Crippen LogP) is -8.95. The largest absolute Gasteiger partial charge is 1.00 e. The van der Waals surface area contributed by atoms with E-state index in [9.17, 15) is 19.8 Å². The van der Waals surface area contributed by atoms with Crippen LogP contribution < -0.4 is 113 Å². The molecule has 0 aromatic rings. The van der Waals surface area contributed by atoms with Gasteiger partial charge < -0.3 is 19.8 Å². The first-order valence-corrected chi connectivity index (χ1v) is 1.73. The maximum atomic E-state index is 9.41. The predicted molar refractivity (Wildman–Crippen MR) is 19.2 cm³/mol. The van der Waals surface area contributed by atoms with Gasteiger partial charge in [-0.2, -0.15) is 0 Å². The van der Waals surface area contributed by atoms with Crippen molar-refractivity contribution in [2.45, 2.75) is 0 Å². The first-order chi connectivity index (χ1) is 3.63. The summed E-state index contributed by atoms with van der Waals surface area (Å²) >= 11 is 0. The Morgan fingerprint density at radius 1 is 0.900 bits per heavy atom. The van der Waals surface area contributed by atoms with Crippen molar-refractivity contribution >= 4 is 11.9 Å². The fourth-order valence-corrected chi connectivity index (χ4v) is 0.136. The van der Waals surface area contributed by atoms with Gasteiger partial charge in [-0.3, -0.25) is 0 Å². The van der Waals surface area contributed by atoms with Gasteiger partial charge in [0.25, 0.3) is 0 Å².